The molecule has 1 saturated heterocycles. The minimum atomic E-state index is 0.0278. The van der Waals surface area contributed by atoms with E-state index in [1.54, 1.807) is 4.68 Å². The predicted molar refractivity (Wildman–Crippen MR) is 144 cm³/mol. The highest BCUT2D eigenvalue weighted by Crippen LogP contribution is 2.24. The van der Waals surface area contributed by atoms with Crippen LogP contribution in [0, 0.1) is 0 Å². The summed E-state index contributed by atoms with van der Waals surface area (Å²) in [6.07, 6.45) is 8.69. The summed E-state index contributed by atoms with van der Waals surface area (Å²) in [5.74, 6) is 0.999. The molecule has 1 aliphatic heterocycles. The summed E-state index contributed by atoms with van der Waals surface area (Å²) in [5, 5.41) is 4.58. The van der Waals surface area contributed by atoms with Gasteiger partial charge in [-0.3, -0.25) is 4.79 Å². The predicted octanol–water partition coefficient (Wildman–Crippen LogP) is 5.72. The van der Waals surface area contributed by atoms with Gasteiger partial charge in [0.25, 0.3) is 5.56 Å². The van der Waals surface area contributed by atoms with Crippen molar-refractivity contribution in [3.05, 3.63) is 88.3 Å². The van der Waals surface area contributed by atoms with Gasteiger partial charge in [-0.2, -0.15) is 9.78 Å². The van der Waals surface area contributed by atoms with Gasteiger partial charge in [-0.25, -0.2) is 4.31 Å². The lowest BCUT2D eigenvalue weighted by atomic mass is 10.0. The third-order valence-electron chi connectivity index (χ3n) is 6.42. The smallest absolute Gasteiger partial charge is 0.276 e. The Morgan fingerprint density at radius 1 is 0.853 bits per heavy atom. The van der Waals surface area contributed by atoms with Crippen LogP contribution in [0.1, 0.15) is 50.2 Å². The fourth-order valence-corrected chi connectivity index (χ4v) is 5.39. The van der Waals surface area contributed by atoms with Crippen LogP contribution >= 0.6 is 11.9 Å². The Morgan fingerprint density at radius 3 is 2.24 bits per heavy atom. The van der Waals surface area contributed by atoms with E-state index in [2.05, 4.69) is 51.6 Å². The van der Waals surface area contributed by atoms with E-state index in [1.165, 1.54) is 31.2 Å². The Bertz CT molecular complexity index is 1060. The van der Waals surface area contributed by atoms with Crippen LogP contribution in [-0.4, -0.2) is 40.3 Å². The summed E-state index contributed by atoms with van der Waals surface area (Å²) >= 11 is 1.90. The van der Waals surface area contributed by atoms with E-state index in [1.807, 2.05) is 48.5 Å². The first-order valence-corrected chi connectivity index (χ1v) is 13.5. The number of unbranched alkanes of at least 4 members (excludes halogenated alkanes) is 4. The average molecular weight is 477 g/mol. The van der Waals surface area contributed by atoms with E-state index < -0.39 is 0 Å². The molecule has 1 fully saturated rings. The molecule has 34 heavy (non-hydrogen) atoms. The number of nitrogens with zero attached hydrogens (tertiary/aromatic N) is 4. The molecule has 0 N–H and O–H groups in total. The summed E-state index contributed by atoms with van der Waals surface area (Å²) in [4.78, 5) is 15.9. The fraction of sp³-hybridized carbons (Fsp3) is 0.429. The van der Waals surface area contributed by atoms with Gasteiger partial charge in [-0.1, -0.05) is 93.1 Å². The summed E-state index contributed by atoms with van der Waals surface area (Å²) < 4.78 is 4.02. The first-order chi connectivity index (χ1) is 16.8. The maximum Gasteiger partial charge on any atom is 0.276 e. The maximum atomic E-state index is 13.5. The molecule has 3 aromatic rings. The molecule has 2 heterocycles. The third kappa shape index (κ3) is 6.51. The highest BCUT2D eigenvalue weighted by atomic mass is 32.2. The molecule has 0 atom stereocenters. The SMILES string of the molecule is CCCCCCCc1c(N2CCN(SCc3ccccc3)CC2)cnn(-c2ccccc2)c1=O. The zero-order valence-corrected chi connectivity index (χ0v) is 21.1. The van der Waals surface area contributed by atoms with E-state index in [0.717, 1.165) is 61.7 Å². The quantitative estimate of drug-likeness (QED) is 0.262. The van der Waals surface area contributed by atoms with Crippen molar-refractivity contribution in [2.24, 2.45) is 0 Å². The van der Waals surface area contributed by atoms with Crippen molar-refractivity contribution in [3.8, 4) is 5.69 Å². The minimum Gasteiger partial charge on any atom is -0.367 e. The zero-order chi connectivity index (χ0) is 23.6. The lowest BCUT2D eigenvalue weighted by molar-refractivity contribution is 0.428. The Morgan fingerprint density at radius 2 is 1.53 bits per heavy atom. The summed E-state index contributed by atoms with van der Waals surface area (Å²) in [7, 11) is 0. The number of anilines is 1. The molecule has 5 nitrogen and oxygen atoms in total. The van der Waals surface area contributed by atoms with Gasteiger partial charge >= 0.3 is 0 Å². The number of hydrogen-bond donors (Lipinski definition) is 0. The number of hydrogen-bond acceptors (Lipinski definition) is 5. The van der Waals surface area contributed by atoms with Gasteiger partial charge in [0.2, 0.25) is 0 Å². The molecule has 4 rings (SSSR count). The molecule has 0 bridgehead atoms. The van der Waals surface area contributed by atoms with Crippen molar-refractivity contribution in [1.29, 1.82) is 0 Å². The van der Waals surface area contributed by atoms with Crippen molar-refractivity contribution in [1.82, 2.24) is 14.1 Å². The van der Waals surface area contributed by atoms with Gasteiger partial charge in [0.1, 0.15) is 0 Å². The molecule has 0 amide bonds. The van der Waals surface area contributed by atoms with Crippen LogP contribution in [-0.2, 0) is 12.2 Å². The van der Waals surface area contributed by atoms with Gasteiger partial charge in [0, 0.05) is 37.5 Å². The number of para-hydroxylation sites is 1. The highest BCUT2D eigenvalue weighted by molar-refractivity contribution is 7.96. The Labute approximate surface area is 207 Å². The van der Waals surface area contributed by atoms with Crippen molar-refractivity contribution in [2.45, 2.75) is 51.2 Å². The molecule has 0 radical (unpaired) electrons. The number of aromatic nitrogens is 2. The van der Waals surface area contributed by atoms with E-state index in [0.29, 0.717) is 0 Å². The molecule has 0 spiro atoms. The average Bonchev–Trinajstić information content (AvgIpc) is 2.89. The van der Waals surface area contributed by atoms with Crippen molar-refractivity contribution in [2.75, 3.05) is 31.1 Å². The van der Waals surface area contributed by atoms with Gasteiger partial charge in [-0.15, -0.1) is 0 Å². The van der Waals surface area contributed by atoms with E-state index in [9.17, 15) is 4.79 Å². The highest BCUT2D eigenvalue weighted by Gasteiger charge is 2.22. The molecule has 180 valence electrons. The van der Waals surface area contributed by atoms with Crippen LogP contribution in [0.25, 0.3) is 5.69 Å². The first-order valence-electron chi connectivity index (χ1n) is 12.6. The number of benzene rings is 2. The fourth-order valence-electron chi connectivity index (χ4n) is 4.44. The van der Waals surface area contributed by atoms with Crippen LogP contribution in [0.5, 0.6) is 0 Å². The standard InChI is InChI=1S/C28H36N4OS/c1-2-3-4-5-12-17-26-27(22-29-32(28(26)33)25-15-10-7-11-16-25)30-18-20-31(21-19-30)34-23-24-13-8-6-9-14-24/h6-11,13-16,22H,2-5,12,17-21,23H2,1H3. The van der Waals surface area contributed by atoms with Crippen molar-refractivity contribution in [3.63, 3.8) is 0 Å². The second kappa shape index (κ2) is 12.8. The van der Waals surface area contributed by atoms with E-state index >= 15 is 0 Å². The van der Waals surface area contributed by atoms with E-state index in [4.69, 9.17) is 0 Å². The molecular formula is C28H36N4OS. The lowest BCUT2D eigenvalue weighted by Gasteiger charge is -2.36. The topological polar surface area (TPSA) is 41.4 Å². The molecule has 2 aromatic carbocycles. The lowest BCUT2D eigenvalue weighted by Crippen LogP contribution is -2.45. The third-order valence-corrected chi connectivity index (χ3v) is 7.61. The Balaban J connectivity index is 1.45. The van der Waals surface area contributed by atoms with Crippen molar-refractivity contribution < 1.29 is 0 Å². The summed E-state index contributed by atoms with van der Waals surface area (Å²) in [5.41, 5.74) is 4.16. The Kier molecular flexibility index (Phi) is 9.22. The molecule has 6 heteroatoms. The van der Waals surface area contributed by atoms with Gasteiger partial charge in [0.05, 0.1) is 17.6 Å². The van der Waals surface area contributed by atoms with Crippen LogP contribution in [0.3, 0.4) is 0 Å². The van der Waals surface area contributed by atoms with Gasteiger partial charge in [-0.05, 0) is 30.5 Å². The maximum absolute atomic E-state index is 13.5. The molecule has 0 saturated carbocycles. The van der Waals surface area contributed by atoms with Gasteiger partial charge in [0.15, 0.2) is 0 Å². The molecule has 0 aliphatic carbocycles. The number of piperazine rings is 1. The minimum absolute atomic E-state index is 0.0278. The van der Waals surface area contributed by atoms with Gasteiger partial charge < -0.3 is 4.90 Å². The van der Waals surface area contributed by atoms with Crippen LogP contribution < -0.4 is 10.5 Å². The monoisotopic (exact) mass is 476 g/mol. The molecule has 1 aliphatic rings. The zero-order valence-electron chi connectivity index (χ0n) is 20.2. The molecule has 0 unspecified atom stereocenters. The Hall–Kier alpha value is -2.57. The second-order valence-corrected chi connectivity index (χ2v) is 9.96. The molecular weight excluding hydrogens is 440 g/mol. The van der Waals surface area contributed by atoms with E-state index in [-0.39, 0.29) is 5.56 Å². The largest absolute Gasteiger partial charge is 0.367 e. The molecule has 1 aromatic heterocycles. The number of rotatable bonds is 11. The van der Waals surface area contributed by atoms with Crippen LogP contribution in [0.2, 0.25) is 0 Å². The summed E-state index contributed by atoms with van der Waals surface area (Å²) in [6.45, 7) is 6.03. The normalized spacial score (nSPS) is 14.4. The first kappa shape index (κ1) is 24.6. The van der Waals surface area contributed by atoms with Crippen LogP contribution in [0.15, 0.2) is 71.7 Å². The van der Waals surface area contributed by atoms with Crippen LogP contribution in [0.4, 0.5) is 5.69 Å². The van der Waals surface area contributed by atoms with Crippen molar-refractivity contribution >= 4 is 17.6 Å². The summed E-state index contributed by atoms with van der Waals surface area (Å²) in [6, 6.07) is 20.4. The second-order valence-electron chi connectivity index (χ2n) is 8.90.